The normalized spacial score (nSPS) is 17.3. The zero-order valence-corrected chi connectivity index (χ0v) is 16.9. The lowest BCUT2D eigenvalue weighted by atomic mass is 10.1. The first-order chi connectivity index (χ1) is 14.1. The molecule has 148 valence electrons. The summed E-state index contributed by atoms with van der Waals surface area (Å²) in [6.45, 7) is 9.18. The third-order valence-electron chi connectivity index (χ3n) is 5.45. The summed E-state index contributed by atoms with van der Waals surface area (Å²) >= 11 is 0. The molecule has 0 aliphatic carbocycles. The maximum atomic E-state index is 5.47. The molecule has 0 radical (unpaired) electrons. The second-order valence-electron chi connectivity index (χ2n) is 7.71. The second kappa shape index (κ2) is 6.92. The van der Waals surface area contributed by atoms with Crippen LogP contribution < -0.4 is 9.80 Å². The van der Waals surface area contributed by atoms with Gasteiger partial charge in [0.25, 0.3) is 5.78 Å². The standard InChI is InChI=1S/C22H24N6O/c1-15-6-4-7-18(12-15)27-10-9-26(14-17(27)3)20-13-16(2)23-22-24-21(25-28(20)22)19-8-5-11-29-19/h4-8,11-13,17H,9-10,14H2,1-3H3/t17-/m1/s1. The van der Waals surface area contributed by atoms with Crippen LogP contribution in [0.2, 0.25) is 0 Å². The number of hydrogen-bond donors (Lipinski definition) is 0. The first-order valence-electron chi connectivity index (χ1n) is 9.95. The molecule has 0 spiro atoms. The molecule has 1 aliphatic heterocycles. The van der Waals surface area contributed by atoms with E-state index in [1.165, 1.54) is 11.3 Å². The quantitative estimate of drug-likeness (QED) is 0.533. The minimum atomic E-state index is 0.377. The van der Waals surface area contributed by atoms with E-state index in [4.69, 9.17) is 4.42 Å². The van der Waals surface area contributed by atoms with E-state index in [1.54, 1.807) is 6.26 Å². The van der Waals surface area contributed by atoms with Crippen molar-refractivity contribution < 1.29 is 4.42 Å². The fourth-order valence-electron chi connectivity index (χ4n) is 4.06. The number of rotatable bonds is 3. The lowest BCUT2D eigenvalue weighted by molar-refractivity contribution is 0.543. The number of benzene rings is 1. The van der Waals surface area contributed by atoms with Gasteiger partial charge >= 0.3 is 0 Å². The molecule has 7 heteroatoms. The van der Waals surface area contributed by atoms with E-state index in [0.717, 1.165) is 31.1 Å². The van der Waals surface area contributed by atoms with Crippen LogP contribution in [0.15, 0.2) is 53.1 Å². The summed E-state index contributed by atoms with van der Waals surface area (Å²) in [7, 11) is 0. The summed E-state index contributed by atoms with van der Waals surface area (Å²) < 4.78 is 7.30. The topological polar surface area (TPSA) is 62.7 Å². The Bertz CT molecular complexity index is 1150. The lowest BCUT2D eigenvalue weighted by Gasteiger charge is -2.42. The molecule has 4 aromatic rings. The van der Waals surface area contributed by atoms with Gasteiger partial charge in [-0.25, -0.2) is 4.98 Å². The molecule has 4 heterocycles. The third kappa shape index (κ3) is 3.22. The number of hydrogen-bond acceptors (Lipinski definition) is 6. The van der Waals surface area contributed by atoms with Crippen LogP contribution in [-0.4, -0.2) is 45.3 Å². The van der Waals surface area contributed by atoms with Gasteiger partial charge in [-0.2, -0.15) is 9.50 Å². The van der Waals surface area contributed by atoms with Crippen LogP contribution in [0.25, 0.3) is 17.4 Å². The van der Waals surface area contributed by atoms with Gasteiger partial charge in [-0.15, -0.1) is 5.10 Å². The maximum absolute atomic E-state index is 5.47. The molecule has 1 fully saturated rings. The highest BCUT2D eigenvalue weighted by Crippen LogP contribution is 2.26. The molecule has 7 nitrogen and oxygen atoms in total. The van der Waals surface area contributed by atoms with Gasteiger partial charge in [-0.05, 0) is 50.6 Å². The summed E-state index contributed by atoms with van der Waals surface area (Å²) in [5, 5.41) is 4.68. The van der Waals surface area contributed by atoms with Gasteiger partial charge in [0.1, 0.15) is 5.82 Å². The molecule has 0 amide bonds. The summed E-state index contributed by atoms with van der Waals surface area (Å²) in [6.07, 6.45) is 1.63. The van der Waals surface area contributed by atoms with Gasteiger partial charge in [-0.3, -0.25) is 0 Å². The van der Waals surface area contributed by atoms with Crippen LogP contribution in [0.5, 0.6) is 0 Å². The van der Waals surface area contributed by atoms with Crippen LogP contribution in [0, 0.1) is 13.8 Å². The van der Waals surface area contributed by atoms with Crippen LogP contribution in [0.1, 0.15) is 18.2 Å². The van der Waals surface area contributed by atoms with Crippen molar-refractivity contribution in [1.82, 2.24) is 19.6 Å². The fraction of sp³-hybridized carbons (Fsp3) is 0.318. The molecule has 0 saturated carbocycles. The predicted octanol–water partition coefficient (Wildman–Crippen LogP) is 3.72. The molecule has 0 N–H and O–H groups in total. The van der Waals surface area contributed by atoms with Gasteiger partial charge in [0, 0.05) is 43.1 Å². The van der Waals surface area contributed by atoms with E-state index >= 15 is 0 Å². The van der Waals surface area contributed by atoms with Gasteiger partial charge in [0.05, 0.1) is 6.26 Å². The largest absolute Gasteiger partial charge is 0.461 e. The van der Waals surface area contributed by atoms with E-state index in [9.17, 15) is 0 Å². The number of piperazine rings is 1. The minimum Gasteiger partial charge on any atom is -0.461 e. The highest BCUT2D eigenvalue weighted by Gasteiger charge is 2.26. The first-order valence-corrected chi connectivity index (χ1v) is 9.95. The Morgan fingerprint density at radius 3 is 2.69 bits per heavy atom. The van der Waals surface area contributed by atoms with Crippen LogP contribution >= 0.6 is 0 Å². The highest BCUT2D eigenvalue weighted by molar-refractivity contribution is 5.56. The van der Waals surface area contributed by atoms with Gasteiger partial charge < -0.3 is 14.2 Å². The molecule has 1 atom stereocenters. The Kier molecular flexibility index (Phi) is 4.23. The molecule has 0 unspecified atom stereocenters. The molecule has 0 bridgehead atoms. The van der Waals surface area contributed by atoms with E-state index in [1.807, 2.05) is 23.6 Å². The van der Waals surface area contributed by atoms with Crippen molar-refractivity contribution in [3.8, 4) is 11.6 Å². The van der Waals surface area contributed by atoms with Crippen LogP contribution in [0.4, 0.5) is 11.5 Å². The Labute approximate surface area is 169 Å². The van der Waals surface area contributed by atoms with Crippen molar-refractivity contribution >= 4 is 17.3 Å². The first kappa shape index (κ1) is 17.7. The number of furan rings is 1. The maximum Gasteiger partial charge on any atom is 0.254 e. The zero-order valence-electron chi connectivity index (χ0n) is 16.9. The van der Waals surface area contributed by atoms with Crippen molar-refractivity contribution in [3.05, 3.63) is 60.0 Å². The van der Waals surface area contributed by atoms with Crippen LogP contribution in [0.3, 0.4) is 0 Å². The number of fused-ring (bicyclic) bond motifs is 1. The SMILES string of the molecule is Cc1cccc(N2CCN(c3cc(C)nc4nc(-c5ccco5)nn34)C[C@H]2C)c1. The lowest BCUT2D eigenvalue weighted by Crippen LogP contribution is -2.52. The summed E-state index contributed by atoms with van der Waals surface area (Å²) in [6, 6.07) is 14.9. The second-order valence-corrected chi connectivity index (χ2v) is 7.71. The van der Waals surface area contributed by atoms with Crippen molar-refractivity contribution in [2.24, 2.45) is 0 Å². The molecule has 5 rings (SSSR count). The number of anilines is 2. The van der Waals surface area contributed by atoms with Gasteiger partial charge in [0.15, 0.2) is 5.76 Å². The molecule has 1 aromatic carbocycles. The predicted molar refractivity (Wildman–Crippen MR) is 113 cm³/mol. The molecular weight excluding hydrogens is 364 g/mol. The Morgan fingerprint density at radius 1 is 1.03 bits per heavy atom. The average Bonchev–Trinajstić information content (AvgIpc) is 3.36. The fourth-order valence-corrected chi connectivity index (χ4v) is 4.06. The third-order valence-corrected chi connectivity index (χ3v) is 5.45. The number of nitrogens with zero attached hydrogens (tertiary/aromatic N) is 6. The average molecular weight is 388 g/mol. The summed E-state index contributed by atoms with van der Waals surface area (Å²) in [4.78, 5) is 14.0. The molecule has 1 saturated heterocycles. The smallest absolute Gasteiger partial charge is 0.254 e. The Morgan fingerprint density at radius 2 is 1.93 bits per heavy atom. The van der Waals surface area contributed by atoms with Gasteiger partial charge in [-0.1, -0.05) is 12.1 Å². The van der Waals surface area contributed by atoms with Gasteiger partial charge in [0.2, 0.25) is 5.82 Å². The van der Waals surface area contributed by atoms with E-state index in [-0.39, 0.29) is 0 Å². The molecule has 3 aromatic heterocycles. The van der Waals surface area contributed by atoms with Crippen molar-refractivity contribution in [2.75, 3.05) is 29.4 Å². The van der Waals surface area contributed by atoms with Crippen molar-refractivity contribution in [3.63, 3.8) is 0 Å². The monoisotopic (exact) mass is 388 g/mol. The summed E-state index contributed by atoms with van der Waals surface area (Å²) in [5.41, 5.74) is 3.50. The molecule has 1 aliphatic rings. The number of aryl methyl sites for hydroxylation is 2. The Balaban J connectivity index is 1.47. The minimum absolute atomic E-state index is 0.377. The van der Waals surface area contributed by atoms with Crippen LogP contribution in [-0.2, 0) is 0 Å². The molecule has 29 heavy (non-hydrogen) atoms. The zero-order chi connectivity index (χ0) is 20.0. The Hall–Kier alpha value is -3.35. The van der Waals surface area contributed by atoms with Crippen molar-refractivity contribution in [2.45, 2.75) is 26.8 Å². The summed E-state index contributed by atoms with van der Waals surface area (Å²) in [5.74, 6) is 2.83. The van der Waals surface area contributed by atoms with E-state index in [0.29, 0.717) is 23.4 Å². The van der Waals surface area contributed by atoms with Crippen molar-refractivity contribution in [1.29, 1.82) is 0 Å². The van der Waals surface area contributed by atoms with E-state index < -0.39 is 0 Å². The van der Waals surface area contributed by atoms with E-state index in [2.05, 4.69) is 69.0 Å². The molecular formula is C22H24N6O. The number of aromatic nitrogens is 4. The highest BCUT2D eigenvalue weighted by atomic mass is 16.3.